The van der Waals surface area contributed by atoms with Crippen LogP contribution in [0.25, 0.3) is 0 Å². The molecule has 6 heteroatoms. The van der Waals surface area contributed by atoms with Gasteiger partial charge in [0.05, 0.1) is 0 Å². The molecule has 1 aliphatic carbocycles. The van der Waals surface area contributed by atoms with E-state index < -0.39 is 0 Å². The van der Waals surface area contributed by atoms with E-state index in [1.807, 2.05) is 47.4 Å². The molecule has 0 aliphatic heterocycles. The van der Waals surface area contributed by atoms with Crippen LogP contribution in [0, 0.1) is 0 Å². The van der Waals surface area contributed by atoms with Crippen LogP contribution in [0.3, 0.4) is 0 Å². The van der Waals surface area contributed by atoms with Crippen LogP contribution in [0.2, 0.25) is 0 Å². The van der Waals surface area contributed by atoms with Gasteiger partial charge in [-0.25, -0.2) is 9.68 Å². The number of hydrogen-bond donors (Lipinski definition) is 2. The number of rotatable bonds is 8. The second-order valence-corrected chi connectivity index (χ2v) is 6.48. The molecule has 2 atom stereocenters. The lowest BCUT2D eigenvalue weighted by Crippen LogP contribution is -3.03. The Kier molecular flexibility index (Phi) is 11.5. The van der Waals surface area contributed by atoms with Crippen molar-refractivity contribution in [3.63, 3.8) is 0 Å². The molecule has 144 valence electrons. The summed E-state index contributed by atoms with van der Waals surface area (Å²) in [5, 5.41) is 0. The Labute approximate surface area is 168 Å². The van der Waals surface area contributed by atoms with Crippen LogP contribution in [0.15, 0.2) is 60.7 Å². The predicted octanol–water partition coefficient (Wildman–Crippen LogP) is -4.30. The highest BCUT2D eigenvalue weighted by molar-refractivity contribution is 5.13. The van der Waals surface area contributed by atoms with Crippen LogP contribution in [0.4, 0.5) is 0 Å². The van der Waals surface area contributed by atoms with Crippen LogP contribution < -0.4 is 35.8 Å². The number of quaternary nitrogens is 2. The van der Waals surface area contributed by atoms with Crippen molar-refractivity contribution in [1.29, 1.82) is 0 Å². The van der Waals surface area contributed by atoms with E-state index in [0.717, 1.165) is 0 Å². The van der Waals surface area contributed by atoms with Crippen LogP contribution in [0.5, 0.6) is 0 Å². The summed E-state index contributed by atoms with van der Waals surface area (Å²) >= 11 is 0. The molecule has 2 unspecified atom stereocenters. The molecule has 2 aromatic rings. The minimum Gasteiger partial charge on any atom is -1.00 e. The van der Waals surface area contributed by atoms with Gasteiger partial charge in [0.2, 0.25) is 0 Å². The van der Waals surface area contributed by atoms with Crippen LogP contribution in [-0.2, 0) is 22.9 Å². The maximum atomic E-state index is 5.85. The van der Waals surface area contributed by atoms with Gasteiger partial charge in [-0.1, -0.05) is 60.7 Å². The first-order chi connectivity index (χ1) is 11.9. The molecular formula is C20H28Cl2N2O2. The minimum atomic E-state index is 0. The second-order valence-electron chi connectivity index (χ2n) is 6.48. The standard InChI is InChI=1S/C20H26N2O2.2ClH/c1-3-9-17(10-4-1)15-23-21-19-13-7-8-14-20(19)22-24-16-18-11-5-2-6-12-18;;/h1-6,9-12,19-22H,7-8,13-16H2;2*1H. The molecule has 1 aliphatic rings. The highest BCUT2D eigenvalue weighted by atomic mass is 35.5. The van der Waals surface area contributed by atoms with Crippen LogP contribution in [0.1, 0.15) is 36.8 Å². The highest BCUT2D eigenvalue weighted by Crippen LogP contribution is 2.14. The van der Waals surface area contributed by atoms with Crippen molar-refractivity contribution < 1.29 is 45.4 Å². The fourth-order valence-electron chi connectivity index (χ4n) is 3.21. The van der Waals surface area contributed by atoms with E-state index >= 15 is 0 Å². The zero-order chi connectivity index (χ0) is 16.5. The molecule has 0 amide bonds. The number of nitrogens with two attached hydrogens (primary N) is 2. The molecule has 0 aromatic heterocycles. The van der Waals surface area contributed by atoms with Crippen molar-refractivity contribution in [2.24, 2.45) is 0 Å². The maximum Gasteiger partial charge on any atom is 0.170 e. The van der Waals surface area contributed by atoms with E-state index in [1.54, 1.807) is 0 Å². The SMILES string of the molecule is [Cl-].[Cl-].c1ccc(CO[NH2+]C2CCCCC2[NH2+]OCc2ccccc2)cc1. The number of benzene rings is 2. The summed E-state index contributed by atoms with van der Waals surface area (Å²) in [6.07, 6.45) is 4.92. The molecule has 2 aromatic carbocycles. The van der Waals surface area contributed by atoms with Crippen molar-refractivity contribution in [2.75, 3.05) is 0 Å². The lowest BCUT2D eigenvalue weighted by atomic mass is 9.91. The summed E-state index contributed by atoms with van der Waals surface area (Å²) in [5.41, 5.74) is 6.51. The van der Waals surface area contributed by atoms with Crippen molar-refractivity contribution in [2.45, 2.75) is 51.0 Å². The van der Waals surface area contributed by atoms with Gasteiger partial charge in [0, 0.05) is 12.8 Å². The molecular weight excluding hydrogens is 371 g/mol. The predicted molar refractivity (Wildman–Crippen MR) is 92.4 cm³/mol. The lowest BCUT2D eigenvalue weighted by molar-refractivity contribution is -0.985. The Morgan fingerprint density at radius 1 is 0.654 bits per heavy atom. The maximum absolute atomic E-state index is 5.85. The zero-order valence-electron chi connectivity index (χ0n) is 14.9. The van der Waals surface area contributed by atoms with Gasteiger partial charge < -0.3 is 24.8 Å². The van der Waals surface area contributed by atoms with Gasteiger partial charge in [0.25, 0.3) is 0 Å². The molecule has 4 nitrogen and oxygen atoms in total. The summed E-state index contributed by atoms with van der Waals surface area (Å²) in [5.74, 6) is 0. The van der Waals surface area contributed by atoms with E-state index in [4.69, 9.17) is 9.68 Å². The highest BCUT2D eigenvalue weighted by Gasteiger charge is 2.32. The topological polar surface area (TPSA) is 51.7 Å². The molecule has 1 saturated carbocycles. The minimum absolute atomic E-state index is 0. The molecule has 3 rings (SSSR count). The Morgan fingerprint density at radius 3 is 1.42 bits per heavy atom. The van der Waals surface area contributed by atoms with Gasteiger partial charge >= 0.3 is 0 Å². The second kappa shape index (κ2) is 13.1. The Morgan fingerprint density at radius 2 is 1.04 bits per heavy atom. The van der Waals surface area contributed by atoms with E-state index in [1.165, 1.54) is 36.8 Å². The van der Waals surface area contributed by atoms with Gasteiger partial charge in [0.1, 0.15) is 13.2 Å². The fraction of sp³-hybridized carbons (Fsp3) is 0.400. The Balaban J connectivity index is 0.00000169. The monoisotopic (exact) mass is 398 g/mol. The van der Waals surface area contributed by atoms with E-state index in [0.29, 0.717) is 25.3 Å². The molecule has 4 N–H and O–H groups in total. The van der Waals surface area contributed by atoms with Crippen molar-refractivity contribution in [3.05, 3.63) is 71.8 Å². The van der Waals surface area contributed by atoms with Crippen molar-refractivity contribution in [1.82, 2.24) is 0 Å². The van der Waals surface area contributed by atoms with Gasteiger partial charge in [0.15, 0.2) is 12.1 Å². The molecule has 0 saturated heterocycles. The lowest BCUT2D eigenvalue weighted by Gasteiger charge is -2.25. The summed E-state index contributed by atoms with van der Waals surface area (Å²) in [7, 11) is 0. The average molecular weight is 399 g/mol. The third-order valence-corrected chi connectivity index (χ3v) is 4.60. The van der Waals surface area contributed by atoms with Crippen LogP contribution >= 0.6 is 0 Å². The van der Waals surface area contributed by atoms with Crippen molar-refractivity contribution in [3.8, 4) is 0 Å². The number of hydroxylamine groups is 2. The van der Waals surface area contributed by atoms with E-state index in [2.05, 4.69) is 24.3 Å². The first-order valence-corrected chi connectivity index (χ1v) is 8.89. The van der Waals surface area contributed by atoms with E-state index in [-0.39, 0.29) is 24.8 Å². The number of halogens is 2. The van der Waals surface area contributed by atoms with Gasteiger partial charge in [-0.3, -0.25) is 0 Å². The fourth-order valence-corrected chi connectivity index (χ4v) is 3.21. The molecule has 26 heavy (non-hydrogen) atoms. The largest absolute Gasteiger partial charge is 1.00 e. The zero-order valence-corrected chi connectivity index (χ0v) is 16.4. The summed E-state index contributed by atoms with van der Waals surface area (Å²) in [4.78, 5) is 11.7. The molecule has 0 bridgehead atoms. The van der Waals surface area contributed by atoms with Gasteiger partial charge in [-0.05, 0) is 24.0 Å². The normalized spacial score (nSPS) is 19.2. The Hall–Kier alpha value is -1.14. The summed E-state index contributed by atoms with van der Waals surface area (Å²) in [6, 6.07) is 21.6. The third kappa shape index (κ3) is 7.62. The van der Waals surface area contributed by atoms with Crippen LogP contribution in [-0.4, -0.2) is 12.1 Å². The summed E-state index contributed by atoms with van der Waals surface area (Å²) < 4.78 is 0. The van der Waals surface area contributed by atoms with Crippen molar-refractivity contribution >= 4 is 0 Å². The smallest absolute Gasteiger partial charge is 0.170 e. The number of hydrogen-bond acceptors (Lipinski definition) is 2. The molecule has 0 spiro atoms. The molecule has 1 fully saturated rings. The average Bonchev–Trinajstić information content (AvgIpc) is 2.65. The van der Waals surface area contributed by atoms with Gasteiger partial charge in [-0.2, -0.15) is 11.0 Å². The first kappa shape index (κ1) is 22.9. The first-order valence-electron chi connectivity index (χ1n) is 8.89. The third-order valence-electron chi connectivity index (χ3n) is 4.60. The molecule has 0 radical (unpaired) electrons. The Bertz CT molecular complexity index is 533. The van der Waals surface area contributed by atoms with E-state index in [9.17, 15) is 0 Å². The van der Waals surface area contributed by atoms with Gasteiger partial charge in [-0.15, -0.1) is 0 Å². The summed E-state index contributed by atoms with van der Waals surface area (Å²) in [6.45, 7) is 1.30. The quantitative estimate of drug-likeness (QED) is 0.442. The molecule has 0 heterocycles.